The molecule has 0 aliphatic carbocycles. The Kier molecular flexibility index (Phi) is 4.13. The number of rotatable bonds is 2. The van der Waals surface area contributed by atoms with Crippen molar-refractivity contribution in [2.75, 3.05) is 0 Å². The van der Waals surface area contributed by atoms with Gasteiger partial charge in [-0.2, -0.15) is 0 Å². The highest BCUT2D eigenvalue weighted by molar-refractivity contribution is 6.42. The molecule has 1 nitrogen and oxygen atoms in total. The van der Waals surface area contributed by atoms with Gasteiger partial charge >= 0.3 is 0 Å². The Hall–Kier alpha value is -0.800. The maximum Gasteiger partial charge on any atom is 0.130 e. The predicted molar refractivity (Wildman–Crippen MR) is 71.9 cm³/mol. The van der Waals surface area contributed by atoms with Crippen molar-refractivity contribution in [2.24, 2.45) is 0 Å². The van der Waals surface area contributed by atoms with E-state index in [4.69, 9.17) is 34.8 Å². The second-order valence-corrected chi connectivity index (χ2v) is 4.93. The van der Waals surface area contributed by atoms with Crippen LogP contribution in [-0.2, 0) is 0 Å². The van der Waals surface area contributed by atoms with Crippen molar-refractivity contribution >= 4 is 34.8 Å². The molecule has 0 bridgehead atoms. The molecule has 0 aromatic heterocycles. The van der Waals surface area contributed by atoms with Gasteiger partial charge in [-0.25, -0.2) is 4.39 Å². The van der Waals surface area contributed by atoms with Gasteiger partial charge in [0.1, 0.15) is 11.9 Å². The summed E-state index contributed by atoms with van der Waals surface area (Å²) < 4.78 is 13.7. The maximum atomic E-state index is 13.7. The second kappa shape index (κ2) is 5.45. The normalized spacial score (nSPS) is 12.5. The van der Waals surface area contributed by atoms with Gasteiger partial charge in [0.25, 0.3) is 0 Å². The molecule has 1 unspecified atom stereocenters. The largest absolute Gasteiger partial charge is 0.383 e. The van der Waals surface area contributed by atoms with Crippen molar-refractivity contribution in [3.05, 3.63) is 68.4 Å². The second-order valence-electron chi connectivity index (χ2n) is 3.71. The molecule has 0 heterocycles. The molecule has 0 spiro atoms. The molecule has 94 valence electrons. The summed E-state index contributed by atoms with van der Waals surface area (Å²) in [6.45, 7) is 0. The molecule has 0 amide bonds. The van der Waals surface area contributed by atoms with Crippen LogP contribution in [0.2, 0.25) is 15.1 Å². The van der Waals surface area contributed by atoms with Gasteiger partial charge in [-0.1, -0.05) is 46.9 Å². The molecule has 1 atom stereocenters. The van der Waals surface area contributed by atoms with Crippen molar-refractivity contribution in [3.63, 3.8) is 0 Å². The van der Waals surface area contributed by atoms with E-state index in [0.717, 1.165) is 0 Å². The van der Waals surface area contributed by atoms with Gasteiger partial charge in [-0.05, 0) is 29.8 Å². The minimum Gasteiger partial charge on any atom is -0.383 e. The third-order valence-corrected chi connectivity index (χ3v) is 3.60. The van der Waals surface area contributed by atoms with E-state index in [-0.39, 0.29) is 10.6 Å². The summed E-state index contributed by atoms with van der Waals surface area (Å²) >= 11 is 17.5. The summed E-state index contributed by atoms with van der Waals surface area (Å²) in [7, 11) is 0. The molecule has 0 saturated heterocycles. The number of hydrogen-bond donors (Lipinski definition) is 1. The Balaban J connectivity index is 2.48. The van der Waals surface area contributed by atoms with E-state index in [2.05, 4.69) is 0 Å². The van der Waals surface area contributed by atoms with E-state index in [9.17, 15) is 9.50 Å². The smallest absolute Gasteiger partial charge is 0.130 e. The van der Waals surface area contributed by atoms with E-state index in [1.54, 1.807) is 6.07 Å². The van der Waals surface area contributed by atoms with Crippen molar-refractivity contribution in [1.82, 2.24) is 0 Å². The van der Waals surface area contributed by atoms with Crippen LogP contribution in [-0.4, -0.2) is 5.11 Å². The highest BCUT2D eigenvalue weighted by Crippen LogP contribution is 2.33. The molecule has 0 saturated carbocycles. The molecule has 1 N–H and O–H groups in total. The minimum atomic E-state index is -1.19. The van der Waals surface area contributed by atoms with E-state index in [1.807, 2.05) is 0 Å². The van der Waals surface area contributed by atoms with E-state index in [0.29, 0.717) is 15.6 Å². The molecule has 0 aliphatic heterocycles. The highest BCUT2D eigenvalue weighted by Gasteiger charge is 2.19. The third kappa shape index (κ3) is 2.62. The number of benzene rings is 2. The molecule has 5 heteroatoms. The Morgan fingerprint density at radius 1 is 0.944 bits per heavy atom. The third-order valence-electron chi connectivity index (χ3n) is 2.53. The Bertz CT molecular complexity index is 566. The predicted octanol–water partition coefficient (Wildman–Crippen LogP) is 4.87. The Morgan fingerprint density at radius 3 is 2.28 bits per heavy atom. The van der Waals surface area contributed by atoms with E-state index < -0.39 is 11.9 Å². The van der Waals surface area contributed by atoms with Crippen LogP contribution in [0.5, 0.6) is 0 Å². The highest BCUT2D eigenvalue weighted by atomic mass is 35.5. The summed E-state index contributed by atoms with van der Waals surface area (Å²) in [5.41, 5.74) is 0.453. The standard InChI is InChI=1S/C13H8Cl3FO/c14-8-5-4-7(6-10(8)16)13(18)12-9(15)2-1-3-11(12)17/h1-6,13,18H. The SMILES string of the molecule is OC(c1ccc(Cl)c(Cl)c1)c1c(F)cccc1Cl. The number of halogens is 4. The average Bonchev–Trinajstić information content (AvgIpc) is 2.32. The molecule has 0 fully saturated rings. The van der Waals surface area contributed by atoms with Crippen LogP contribution in [0.15, 0.2) is 36.4 Å². The minimum absolute atomic E-state index is 0.0255. The molecule has 2 aromatic rings. The number of aliphatic hydroxyl groups excluding tert-OH is 1. The maximum absolute atomic E-state index is 13.7. The summed E-state index contributed by atoms with van der Waals surface area (Å²) in [5.74, 6) is -0.568. The van der Waals surface area contributed by atoms with Crippen LogP contribution >= 0.6 is 34.8 Å². The average molecular weight is 306 g/mol. The van der Waals surface area contributed by atoms with Gasteiger partial charge in [0.15, 0.2) is 0 Å². The number of hydrogen-bond acceptors (Lipinski definition) is 1. The molecule has 2 rings (SSSR count). The van der Waals surface area contributed by atoms with Gasteiger partial charge in [0, 0.05) is 10.6 Å². The van der Waals surface area contributed by atoms with Crippen molar-refractivity contribution in [1.29, 1.82) is 0 Å². The fourth-order valence-electron chi connectivity index (χ4n) is 1.62. The fourth-order valence-corrected chi connectivity index (χ4v) is 2.19. The van der Waals surface area contributed by atoms with Crippen molar-refractivity contribution < 1.29 is 9.50 Å². The summed E-state index contributed by atoms with van der Waals surface area (Å²) in [6, 6.07) is 8.82. The molecule has 0 aliphatic rings. The molecule has 2 aromatic carbocycles. The van der Waals surface area contributed by atoms with Crippen LogP contribution < -0.4 is 0 Å². The topological polar surface area (TPSA) is 20.2 Å². The van der Waals surface area contributed by atoms with Crippen LogP contribution in [0.25, 0.3) is 0 Å². The monoisotopic (exact) mass is 304 g/mol. The summed E-state index contributed by atoms with van der Waals surface area (Å²) in [4.78, 5) is 0. The van der Waals surface area contributed by atoms with E-state index >= 15 is 0 Å². The van der Waals surface area contributed by atoms with E-state index in [1.165, 1.54) is 30.3 Å². The van der Waals surface area contributed by atoms with Crippen LogP contribution in [0.3, 0.4) is 0 Å². The molecular weight excluding hydrogens is 297 g/mol. The van der Waals surface area contributed by atoms with Crippen molar-refractivity contribution in [3.8, 4) is 0 Å². The Morgan fingerprint density at radius 2 is 1.67 bits per heavy atom. The fraction of sp³-hybridized carbons (Fsp3) is 0.0769. The summed E-state index contributed by atoms with van der Waals surface area (Å²) in [6.07, 6.45) is -1.19. The van der Waals surface area contributed by atoms with Crippen LogP contribution in [0, 0.1) is 5.82 Å². The van der Waals surface area contributed by atoms with Crippen molar-refractivity contribution in [2.45, 2.75) is 6.10 Å². The molecule has 0 radical (unpaired) electrons. The van der Waals surface area contributed by atoms with Gasteiger partial charge in [0.05, 0.1) is 10.0 Å². The zero-order valence-electron chi connectivity index (χ0n) is 9.00. The zero-order valence-corrected chi connectivity index (χ0v) is 11.3. The first-order valence-corrected chi connectivity index (χ1v) is 6.21. The van der Waals surface area contributed by atoms with Gasteiger partial charge in [0.2, 0.25) is 0 Å². The van der Waals surface area contributed by atoms with Gasteiger partial charge < -0.3 is 5.11 Å². The van der Waals surface area contributed by atoms with Gasteiger partial charge in [-0.3, -0.25) is 0 Å². The lowest BCUT2D eigenvalue weighted by atomic mass is 10.0. The van der Waals surface area contributed by atoms with Crippen LogP contribution in [0.4, 0.5) is 4.39 Å². The number of aliphatic hydroxyl groups is 1. The zero-order chi connectivity index (χ0) is 13.3. The van der Waals surface area contributed by atoms with Gasteiger partial charge in [-0.15, -0.1) is 0 Å². The van der Waals surface area contributed by atoms with Crippen LogP contribution in [0.1, 0.15) is 17.2 Å². The lowest BCUT2D eigenvalue weighted by molar-refractivity contribution is 0.215. The summed E-state index contributed by atoms with van der Waals surface area (Å²) in [5, 5.41) is 11.0. The quantitative estimate of drug-likeness (QED) is 0.839. The molecule has 18 heavy (non-hydrogen) atoms. The Labute approximate surface area is 119 Å². The first kappa shape index (κ1) is 13.6. The lowest BCUT2D eigenvalue weighted by Crippen LogP contribution is -2.03. The first-order valence-electron chi connectivity index (χ1n) is 5.07. The first-order chi connectivity index (χ1) is 8.50. The molecular formula is C13H8Cl3FO. The lowest BCUT2D eigenvalue weighted by Gasteiger charge is -2.14.